The molecule has 0 spiro atoms. The standard InChI is InChI=1S/C17H21BrO/c1-4-12-7-8-14(11-13(12)5-2)17(18)15-9-10-19-16(15)6-3/h7-11,17H,4-6H2,1-3H3. The lowest BCUT2D eigenvalue weighted by Gasteiger charge is -2.14. The van der Waals surface area contributed by atoms with Gasteiger partial charge < -0.3 is 4.42 Å². The summed E-state index contributed by atoms with van der Waals surface area (Å²) in [5.41, 5.74) is 5.46. The van der Waals surface area contributed by atoms with E-state index in [0.29, 0.717) is 0 Å². The molecule has 1 heterocycles. The van der Waals surface area contributed by atoms with Crippen LogP contribution in [0, 0.1) is 0 Å². The third-order valence-electron chi connectivity index (χ3n) is 3.66. The molecule has 0 saturated carbocycles. The number of benzene rings is 1. The Morgan fingerprint density at radius 1 is 1.00 bits per heavy atom. The zero-order valence-electron chi connectivity index (χ0n) is 11.9. The van der Waals surface area contributed by atoms with E-state index in [9.17, 15) is 0 Å². The monoisotopic (exact) mass is 320 g/mol. The fourth-order valence-corrected chi connectivity index (χ4v) is 3.21. The summed E-state index contributed by atoms with van der Waals surface area (Å²) in [4.78, 5) is 0.220. The highest BCUT2D eigenvalue weighted by molar-refractivity contribution is 9.09. The summed E-state index contributed by atoms with van der Waals surface area (Å²) in [6.07, 6.45) is 4.90. The summed E-state index contributed by atoms with van der Waals surface area (Å²) >= 11 is 3.81. The molecular formula is C17H21BrO. The van der Waals surface area contributed by atoms with Gasteiger partial charge in [0.2, 0.25) is 0 Å². The van der Waals surface area contributed by atoms with Crippen molar-refractivity contribution in [2.45, 2.75) is 44.9 Å². The van der Waals surface area contributed by atoms with Crippen LogP contribution >= 0.6 is 15.9 Å². The van der Waals surface area contributed by atoms with Gasteiger partial charge in [0.1, 0.15) is 5.76 Å². The second-order valence-corrected chi connectivity index (χ2v) is 5.67. The molecule has 1 atom stereocenters. The van der Waals surface area contributed by atoms with Gasteiger partial charge in [-0.05, 0) is 35.6 Å². The average Bonchev–Trinajstić information content (AvgIpc) is 2.94. The van der Waals surface area contributed by atoms with Crippen LogP contribution in [0.3, 0.4) is 0 Å². The normalized spacial score (nSPS) is 12.6. The summed E-state index contributed by atoms with van der Waals surface area (Å²) < 4.78 is 5.53. The molecule has 102 valence electrons. The molecule has 0 fully saturated rings. The van der Waals surface area contributed by atoms with Gasteiger partial charge in [0.25, 0.3) is 0 Å². The zero-order valence-corrected chi connectivity index (χ0v) is 13.5. The second-order valence-electron chi connectivity index (χ2n) is 4.75. The summed E-state index contributed by atoms with van der Waals surface area (Å²) in [5.74, 6) is 1.07. The topological polar surface area (TPSA) is 13.1 Å². The van der Waals surface area contributed by atoms with Crippen molar-refractivity contribution >= 4 is 15.9 Å². The molecular weight excluding hydrogens is 300 g/mol. The maximum absolute atomic E-state index is 5.53. The van der Waals surface area contributed by atoms with E-state index in [1.54, 1.807) is 6.26 Å². The van der Waals surface area contributed by atoms with Gasteiger partial charge in [-0.1, -0.05) is 54.9 Å². The lowest BCUT2D eigenvalue weighted by molar-refractivity contribution is 0.512. The maximum atomic E-state index is 5.53. The summed E-state index contributed by atoms with van der Waals surface area (Å²) in [7, 11) is 0. The second kappa shape index (κ2) is 6.42. The van der Waals surface area contributed by atoms with E-state index in [1.807, 2.05) is 0 Å². The predicted octanol–water partition coefficient (Wildman–Crippen LogP) is 5.45. The quantitative estimate of drug-likeness (QED) is 0.667. The van der Waals surface area contributed by atoms with Crippen molar-refractivity contribution < 1.29 is 4.42 Å². The molecule has 0 bridgehead atoms. The molecule has 2 heteroatoms. The Hall–Kier alpha value is -1.02. The number of rotatable bonds is 5. The lowest BCUT2D eigenvalue weighted by Crippen LogP contribution is -1.98. The minimum absolute atomic E-state index is 0.220. The molecule has 2 rings (SSSR count). The Kier molecular flexibility index (Phi) is 4.87. The van der Waals surface area contributed by atoms with Crippen molar-refractivity contribution in [2.75, 3.05) is 0 Å². The van der Waals surface area contributed by atoms with E-state index in [4.69, 9.17) is 4.42 Å². The molecule has 0 N–H and O–H groups in total. The smallest absolute Gasteiger partial charge is 0.108 e. The van der Waals surface area contributed by atoms with E-state index >= 15 is 0 Å². The van der Waals surface area contributed by atoms with Gasteiger partial charge >= 0.3 is 0 Å². The van der Waals surface area contributed by atoms with Crippen molar-refractivity contribution in [2.24, 2.45) is 0 Å². The number of halogens is 1. The molecule has 2 aromatic rings. The summed E-state index contributed by atoms with van der Waals surface area (Å²) in [6.45, 7) is 6.56. The van der Waals surface area contributed by atoms with Crippen molar-refractivity contribution in [3.63, 3.8) is 0 Å². The molecule has 1 aromatic heterocycles. The van der Waals surface area contributed by atoms with E-state index in [2.05, 4.69) is 61.0 Å². The molecule has 0 aliphatic heterocycles. The van der Waals surface area contributed by atoms with Gasteiger partial charge in [-0.15, -0.1) is 0 Å². The summed E-state index contributed by atoms with van der Waals surface area (Å²) in [5, 5.41) is 0. The van der Waals surface area contributed by atoms with Crippen LogP contribution < -0.4 is 0 Å². The number of hydrogen-bond donors (Lipinski definition) is 0. The van der Waals surface area contributed by atoms with Gasteiger partial charge in [0, 0.05) is 12.0 Å². The largest absolute Gasteiger partial charge is 0.469 e. The minimum Gasteiger partial charge on any atom is -0.469 e. The third kappa shape index (κ3) is 2.94. The zero-order chi connectivity index (χ0) is 13.8. The molecule has 1 unspecified atom stereocenters. The van der Waals surface area contributed by atoms with Crippen molar-refractivity contribution in [1.82, 2.24) is 0 Å². The first-order valence-corrected chi connectivity index (χ1v) is 7.94. The SMILES string of the molecule is CCc1ccc(C(Br)c2ccoc2CC)cc1CC. The van der Waals surface area contributed by atoms with Gasteiger partial charge in [0.15, 0.2) is 0 Å². The van der Waals surface area contributed by atoms with E-state index < -0.39 is 0 Å². The van der Waals surface area contributed by atoms with Gasteiger partial charge in [-0.2, -0.15) is 0 Å². The Morgan fingerprint density at radius 3 is 2.37 bits per heavy atom. The molecule has 1 aromatic carbocycles. The van der Waals surface area contributed by atoms with E-state index in [1.165, 1.54) is 22.3 Å². The van der Waals surface area contributed by atoms with Crippen molar-refractivity contribution in [1.29, 1.82) is 0 Å². The highest BCUT2D eigenvalue weighted by atomic mass is 79.9. The van der Waals surface area contributed by atoms with Gasteiger partial charge in [-0.25, -0.2) is 0 Å². The molecule has 0 amide bonds. The highest BCUT2D eigenvalue weighted by Crippen LogP contribution is 2.34. The minimum atomic E-state index is 0.220. The van der Waals surface area contributed by atoms with E-state index in [0.717, 1.165) is 25.0 Å². The molecule has 0 saturated heterocycles. The first-order valence-electron chi connectivity index (χ1n) is 7.03. The Balaban J connectivity index is 2.36. The summed E-state index contributed by atoms with van der Waals surface area (Å²) in [6, 6.07) is 8.88. The Morgan fingerprint density at radius 2 is 1.74 bits per heavy atom. The molecule has 0 radical (unpaired) electrons. The van der Waals surface area contributed by atoms with Gasteiger partial charge in [-0.3, -0.25) is 0 Å². The van der Waals surface area contributed by atoms with Crippen LogP contribution in [-0.4, -0.2) is 0 Å². The first kappa shape index (κ1) is 14.4. The van der Waals surface area contributed by atoms with Crippen LogP contribution in [0.25, 0.3) is 0 Å². The Bertz CT molecular complexity index is 542. The number of alkyl halides is 1. The maximum Gasteiger partial charge on any atom is 0.108 e. The van der Waals surface area contributed by atoms with Crippen molar-refractivity contribution in [3.8, 4) is 0 Å². The van der Waals surface area contributed by atoms with Crippen LogP contribution in [0.1, 0.15) is 53.6 Å². The van der Waals surface area contributed by atoms with E-state index in [-0.39, 0.29) is 4.83 Å². The lowest BCUT2D eigenvalue weighted by atomic mass is 9.96. The molecule has 19 heavy (non-hydrogen) atoms. The fourth-order valence-electron chi connectivity index (χ4n) is 2.52. The van der Waals surface area contributed by atoms with Crippen LogP contribution in [-0.2, 0) is 19.3 Å². The predicted molar refractivity (Wildman–Crippen MR) is 84.1 cm³/mol. The molecule has 0 aliphatic rings. The van der Waals surface area contributed by atoms with Crippen LogP contribution in [0.4, 0.5) is 0 Å². The van der Waals surface area contributed by atoms with Crippen LogP contribution in [0.5, 0.6) is 0 Å². The number of aryl methyl sites for hydroxylation is 3. The first-order chi connectivity index (χ1) is 9.21. The van der Waals surface area contributed by atoms with Crippen LogP contribution in [0.15, 0.2) is 34.9 Å². The average molecular weight is 321 g/mol. The Labute approximate surface area is 124 Å². The third-order valence-corrected chi connectivity index (χ3v) is 4.68. The number of furan rings is 1. The van der Waals surface area contributed by atoms with Gasteiger partial charge in [0.05, 0.1) is 11.1 Å². The van der Waals surface area contributed by atoms with Crippen molar-refractivity contribution in [3.05, 3.63) is 58.5 Å². The highest BCUT2D eigenvalue weighted by Gasteiger charge is 2.16. The fraction of sp³-hybridized carbons (Fsp3) is 0.412. The molecule has 0 aliphatic carbocycles. The van der Waals surface area contributed by atoms with Crippen LogP contribution in [0.2, 0.25) is 0 Å². The molecule has 1 nitrogen and oxygen atoms in total. The number of hydrogen-bond acceptors (Lipinski definition) is 1.